The first-order valence-electron chi connectivity index (χ1n) is 14.4. The van der Waals surface area contributed by atoms with E-state index in [1.54, 1.807) is 24.3 Å². The second-order valence-corrected chi connectivity index (χ2v) is 11.7. The largest absolute Gasteiger partial charge is 0.416 e. The molecular weight excluding hydrogens is 694 g/mol. The first kappa shape index (κ1) is 35.4. The molecule has 250 valence electrons. The molecule has 1 aliphatic rings. The van der Waals surface area contributed by atoms with Crippen LogP contribution in [0.1, 0.15) is 65.1 Å². The van der Waals surface area contributed by atoms with Gasteiger partial charge in [-0.05, 0) is 72.4 Å². The number of amides is 1. The quantitative estimate of drug-likeness (QED) is 0.0563. The fourth-order valence-corrected chi connectivity index (χ4v) is 5.64. The van der Waals surface area contributed by atoms with Crippen molar-refractivity contribution in [1.29, 1.82) is 0 Å². The minimum atomic E-state index is -4.71. The molecule has 3 aromatic carbocycles. The molecule has 4 rings (SSSR count). The fraction of sp³-hybridized carbons (Fsp3) is 0.323. The van der Waals surface area contributed by atoms with Crippen molar-refractivity contribution in [3.63, 3.8) is 0 Å². The normalized spacial score (nSPS) is 15.2. The van der Waals surface area contributed by atoms with Crippen molar-refractivity contribution in [1.82, 2.24) is 0 Å². The highest BCUT2D eigenvalue weighted by atomic mass is 79.9. The van der Waals surface area contributed by atoms with Crippen LogP contribution in [0, 0.1) is 0 Å². The van der Waals surface area contributed by atoms with E-state index in [2.05, 4.69) is 41.6 Å². The zero-order valence-electron chi connectivity index (χ0n) is 24.8. The Labute approximate surface area is 275 Å². The molecule has 1 aliphatic carbocycles. The van der Waals surface area contributed by atoms with Gasteiger partial charge in [0.1, 0.15) is 6.54 Å². The Morgan fingerprint density at radius 3 is 2.19 bits per heavy atom. The van der Waals surface area contributed by atoms with E-state index in [0.29, 0.717) is 17.2 Å². The molecule has 0 bridgehead atoms. The molecule has 9 nitrogen and oxygen atoms in total. The summed E-state index contributed by atoms with van der Waals surface area (Å²) in [6.45, 7) is -1.67. The van der Waals surface area contributed by atoms with E-state index in [4.69, 9.17) is 11.6 Å². The van der Waals surface area contributed by atoms with Gasteiger partial charge in [0.2, 0.25) is 11.9 Å². The summed E-state index contributed by atoms with van der Waals surface area (Å²) in [5, 5.41) is 8.92. The predicted molar refractivity (Wildman–Crippen MR) is 171 cm³/mol. The fourth-order valence-electron chi connectivity index (χ4n) is 5.15. The van der Waals surface area contributed by atoms with Crippen LogP contribution in [0.5, 0.6) is 0 Å². The Morgan fingerprint density at radius 1 is 0.936 bits per heavy atom. The van der Waals surface area contributed by atoms with Gasteiger partial charge in [-0.15, -0.1) is 0 Å². The van der Waals surface area contributed by atoms with E-state index in [-0.39, 0.29) is 28.2 Å². The van der Waals surface area contributed by atoms with E-state index < -0.39 is 36.3 Å². The number of nitrogens with two attached hydrogens (primary N) is 2. The van der Waals surface area contributed by atoms with Crippen LogP contribution in [0.2, 0.25) is 0 Å². The summed E-state index contributed by atoms with van der Waals surface area (Å²) >= 11 is 3.05. The van der Waals surface area contributed by atoms with Gasteiger partial charge in [-0.3, -0.25) is 4.79 Å². The molecule has 0 spiro atoms. The number of aliphatic imine (C=N–C) groups is 2. The van der Waals surface area contributed by atoms with Crippen molar-refractivity contribution < 1.29 is 31.1 Å². The van der Waals surface area contributed by atoms with Gasteiger partial charge in [0.05, 0.1) is 12.1 Å². The van der Waals surface area contributed by atoms with Crippen LogP contribution in [0.4, 0.5) is 37.7 Å². The SMILES string of the molecule is N/N=N\C(N)=NC(=O)c1ccc(CN(C(=NCC(F)(F)F)Nc2cc(Br)cc(C(F)(F)F)c2)c2ccc(C3CCCCC3)cc2)cc1. The second kappa shape index (κ2) is 15.4. The van der Waals surface area contributed by atoms with Crippen LogP contribution in [0.25, 0.3) is 0 Å². The molecule has 16 heteroatoms. The summed E-state index contributed by atoms with van der Waals surface area (Å²) in [6.07, 6.45) is -3.97. The Bertz CT molecular complexity index is 1620. The van der Waals surface area contributed by atoms with Crippen molar-refractivity contribution in [3.8, 4) is 0 Å². The molecule has 5 N–H and O–H groups in total. The maximum Gasteiger partial charge on any atom is 0.416 e. The molecule has 0 aliphatic heterocycles. The number of alkyl halides is 6. The van der Waals surface area contributed by atoms with Crippen molar-refractivity contribution in [2.75, 3.05) is 16.8 Å². The second-order valence-electron chi connectivity index (χ2n) is 10.8. The molecular formula is C31H31BrF6N8O. The molecule has 1 amide bonds. The average molecular weight is 726 g/mol. The number of anilines is 2. The molecule has 1 fully saturated rings. The number of nitrogens with one attached hydrogen (secondary N) is 1. The van der Waals surface area contributed by atoms with E-state index in [1.807, 2.05) is 12.1 Å². The van der Waals surface area contributed by atoms with Gasteiger partial charge in [-0.25, -0.2) is 4.99 Å². The third-order valence-electron chi connectivity index (χ3n) is 7.34. The number of halogens is 7. The number of rotatable bonds is 7. The Kier molecular flexibility index (Phi) is 11.6. The predicted octanol–water partition coefficient (Wildman–Crippen LogP) is 8.33. The van der Waals surface area contributed by atoms with Crippen molar-refractivity contribution >= 4 is 45.1 Å². The first-order valence-corrected chi connectivity index (χ1v) is 15.2. The van der Waals surface area contributed by atoms with E-state index in [0.717, 1.165) is 43.4 Å². The summed E-state index contributed by atoms with van der Waals surface area (Å²) in [5.74, 6) is 3.73. The van der Waals surface area contributed by atoms with Gasteiger partial charge in [-0.2, -0.15) is 31.3 Å². The average Bonchev–Trinajstić information content (AvgIpc) is 3.02. The van der Waals surface area contributed by atoms with Gasteiger partial charge in [0.15, 0.2) is 0 Å². The number of carbonyl (C=O) groups excluding carboxylic acids is 1. The summed E-state index contributed by atoms with van der Waals surface area (Å²) in [5.41, 5.74) is 6.50. The number of guanidine groups is 2. The lowest BCUT2D eigenvalue weighted by atomic mass is 9.84. The number of nitrogens with zero attached hydrogens (tertiary/aromatic N) is 5. The van der Waals surface area contributed by atoms with Gasteiger partial charge < -0.3 is 21.8 Å². The summed E-state index contributed by atoms with van der Waals surface area (Å²) in [6, 6.07) is 16.2. The Balaban J connectivity index is 1.74. The molecule has 0 aromatic heterocycles. The van der Waals surface area contributed by atoms with Gasteiger partial charge in [-0.1, -0.05) is 69.8 Å². The zero-order valence-corrected chi connectivity index (χ0v) is 26.4. The van der Waals surface area contributed by atoms with Crippen molar-refractivity contribution in [2.45, 2.75) is 56.9 Å². The van der Waals surface area contributed by atoms with Crippen LogP contribution < -0.4 is 21.8 Å². The Morgan fingerprint density at radius 2 is 1.60 bits per heavy atom. The van der Waals surface area contributed by atoms with Crippen LogP contribution in [-0.4, -0.2) is 30.5 Å². The van der Waals surface area contributed by atoms with E-state index in [1.165, 1.54) is 29.5 Å². The lowest BCUT2D eigenvalue weighted by molar-refractivity contribution is -0.137. The molecule has 0 saturated heterocycles. The topological polar surface area (TPSA) is 134 Å². The van der Waals surface area contributed by atoms with Crippen LogP contribution in [0.3, 0.4) is 0 Å². The number of benzene rings is 3. The number of hydrogen-bond donors (Lipinski definition) is 3. The number of hydrogen-bond acceptors (Lipinski definition) is 3. The van der Waals surface area contributed by atoms with Crippen LogP contribution in [0.15, 0.2) is 91.5 Å². The summed E-state index contributed by atoms with van der Waals surface area (Å²) in [4.78, 5) is 21.2. The smallest absolute Gasteiger partial charge is 0.366 e. The first-order chi connectivity index (χ1) is 22.2. The third kappa shape index (κ3) is 10.5. The molecule has 0 radical (unpaired) electrons. The van der Waals surface area contributed by atoms with E-state index in [9.17, 15) is 31.1 Å². The minimum absolute atomic E-state index is 0.0601. The minimum Gasteiger partial charge on any atom is -0.366 e. The Hall–Kier alpha value is -4.47. The monoisotopic (exact) mass is 724 g/mol. The van der Waals surface area contributed by atoms with Crippen LogP contribution >= 0.6 is 15.9 Å². The lowest BCUT2D eigenvalue weighted by Gasteiger charge is -2.29. The van der Waals surface area contributed by atoms with Gasteiger partial charge in [0.25, 0.3) is 5.91 Å². The zero-order chi connectivity index (χ0) is 34.2. The maximum absolute atomic E-state index is 13.6. The summed E-state index contributed by atoms with van der Waals surface area (Å²) in [7, 11) is 0. The summed E-state index contributed by atoms with van der Waals surface area (Å²) < 4.78 is 81.3. The number of carbonyl (C=O) groups is 1. The van der Waals surface area contributed by atoms with Crippen LogP contribution in [-0.2, 0) is 12.7 Å². The van der Waals surface area contributed by atoms with E-state index >= 15 is 0 Å². The highest BCUT2D eigenvalue weighted by Gasteiger charge is 2.32. The standard InChI is InChI=1S/C31H31BrF6N8O/c32-24-14-23(31(36,37)38)15-25(16-24)42-29(41-18-30(33,34)35)46(26-12-10-21(11-13-26)20-4-2-1-3-5-20)17-19-6-8-22(9-7-19)27(47)43-28(39)44-45-40/h6-16,20H,1-5,17-18H2,(H,41,42)(H4,39,40,43,44,47). The van der Waals surface area contributed by atoms with Crippen molar-refractivity contribution in [2.24, 2.45) is 31.9 Å². The maximum atomic E-state index is 13.6. The molecule has 0 unspecified atom stereocenters. The van der Waals surface area contributed by atoms with Gasteiger partial charge >= 0.3 is 12.4 Å². The highest BCUT2D eigenvalue weighted by Crippen LogP contribution is 2.35. The molecule has 1 saturated carbocycles. The molecule has 3 aromatic rings. The lowest BCUT2D eigenvalue weighted by Crippen LogP contribution is -2.37. The van der Waals surface area contributed by atoms with Gasteiger partial charge in [0, 0.05) is 21.4 Å². The molecule has 0 atom stereocenters. The molecule has 0 heterocycles. The molecule has 47 heavy (non-hydrogen) atoms. The highest BCUT2D eigenvalue weighted by molar-refractivity contribution is 9.10. The third-order valence-corrected chi connectivity index (χ3v) is 7.80. The van der Waals surface area contributed by atoms with Crippen molar-refractivity contribution in [3.05, 3.63) is 93.5 Å².